The van der Waals surface area contributed by atoms with Crippen LogP contribution in [0.1, 0.15) is 23.2 Å². The zero-order chi connectivity index (χ0) is 14.7. The largest absolute Gasteiger partial charge is 0.339 e. The van der Waals surface area contributed by atoms with Gasteiger partial charge in [-0.15, -0.1) is 0 Å². The second-order valence-electron chi connectivity index (χ2n) is 5.47. The quantitative estimate of drug-likeness (QED) is 0.870. The van der Waals surface area contributed by atoms with E-state index in [1.54, 1.807) is 18.3 Å². The summed E-state index contributed by atoms with van der Waals surface area (Å²) in [6, 6.07) is 7.68. The molecule has 0 radical (unpaired) electrons. The first-order chi connectivity index (χ1) is 10.2. The van der Waals surface area contributed by atoms with Crippen molar-refractivity contribution in [3.8, 4) is 0 Å². The normalized spacial score (nSPS) is 16.1. The van der Waals surface area contributed by atoms with E-state index in [0.29, 0.717) is 11.5 Å². The van der Waals surface area contributed by atoms with E-state index in [-0.39, 0.29) is 11.7 Å². The number of aromatic nitrogens is 2. The molecule has 1 aromatic carbocycles. The number of rotatable bonds is 3. The van der Waals surface area contributed by atoms with Crippen molar-refractivity contribution in [3.63, 3.8) is 0 Å². The fourth-order valence-electron chi connectivity index (χ4n) is 2.77. The lowest BCUT2D eigenvalue weighted by atomic mass is 9.96. The highest BCUT2D eigenvalue weighted by Crippen LogP contribution is 2.20. The topological polar surface area (TPSA) is 38.1 Å². The summed E-state index contributed by atoms with van der Waals surface area (Å²) < 4.78 is 14.8. The number of amides is 1. The SMILES string of the molecule is O=C(c1ccc(F)cc1)N1CCC(Cn2cccn2)CC1. The van der Waals surface area contributed by atoms with Crippen molar-refractivity contribution >= 4 is 5.91 Å². The zero-order valence-corrected chi connectivity index (χ0v) is 11.8. The van der Waals surface area contributed by atoms with Gasteiger partial charge in [-0.1, -0.05) is 0 Å². The molecule has 0 bridgehead atoms. The monoisotopic (exact) mass is 287 g/mol. The Labute approximate surface area is 123 Å². The summed E-state index contributed by atoms with van der Waals surface area (Å²) in [6.07, 6.45) is 5.71. The van der Waals surface area contributed by atoms with Crippen molar-refractivity contribution in [3.05, 3.63) is 54.1 Å². The molecule has 110 valence electrons. The fourth-order valence-corrected chi connectivity index (χ4v) is 2.77. The van der Waals surface area contributed by atoms with Crippen LogP contribution in [-0.4, -0.2) is 33.7 Å². The lowest BCUT2D eigenvalue weighted by molar-refractivity contribution is 0.0681. The Bertz CT molecular complexity index is 586. The van der Waals surface area contributed by atoms with Crippen molar-refractivity contribution in [2.75, 3.05) is 13.1 Å². The molecule has 21 heavy (non-hydrogen) atoms. The first-order valence-electron chi connectivity index (χ1n) is 7.24. The minimum Gasteiger partial charge on any atom is -0.339 e. The zero-order valence-electron chi connectivity index (χ0n) is 11.8. The number of hydrogen-bond acceptors (Lipinski definition) is 2. The Balaban J connectivity index is 1.55. The van der Waals surface area contributed by atoms with Crippen LogP contribution in [0, 0.1) is 11.7 Å². The summed E-state index contributed by atoms with van der Waals surface area (Å²) in [5.41, 5.74) is 0.557. The van der Waals surface area contributed by atoms with Gasteiger partial charge >= 0.3 is 0 Å². The molecule has 1 aliphatic rings. The highest BCUT2D eigenvalue weighted by Gasteiger charge is 2.23. The highest BCUT2D eigenvalue weighted by atomic mass is 19.1. The molecule has 0 saturated carbocycles. The molecule has 3 rings (SSSR count). The summed E-state index contributed by atoms with van der Waals surface area (Å²) in [7, 11) is 0. The number of nitrogens with zero attached hydrogens (tertiary/aromatic N) is 3. The number of carbonyl (C=O) groups is 1. The Hall–Kier alpha value is -2.17. The Kier molecular flexibility index (Phi) is 3.99. The number of likely N-dealkylation sites (tertiary alicyclic amines) is 1. The minimum atomic E-state index is -0.315. The third-order valence-electron chi connectivity index (χ3n) is 4.00. The predicted molar refractivity (Wildman–Crippen MR) is 77.3 cm³/mol. The molecule has 0 aliphatic carbocycles. The number of carbonyl (C=O) groups excluding carboxylic acids is 1. The van der Waals surface area contributed by atoms with Crippen LogP contribution in [0.25, 0.3) is 0 Å². The van der Waals surface area contributed by atoms with Gasteiger partial charge in [0.1, 0.15) is 5.82 Å². The van der Waals surface area contributed by atoms with Gasteiger partial charge in [0.05, 0.1) is 0 Å². The van der Waals surface area contributed by atoms with Gasteiger partial charge in [0.25, 0.3) is 5.91 Å². The maximum atomic E-state index is 12.9. The standard InChI is InChI=1S/C16H18FN3O/c17-15-4-2-14(3-5-15)16(21)19-10-6-13(7-11-19)12-20-9-1-8-18-20/h1-5,8-9,13H,6-7,10-12H2. The second kappa shape index (κ2) is 6.08. The molecule has 2 heterocycles. The fraction of sp³-hybridized carbons (Fsp3) is 0.375. The van der Waals surface area contributed by atoms with Crippen LogP contribution < -0.4 is 0 Å². The molecule has 5 heteroatoms. The molecular formula is C16H18FN3O. The molecule has 2 aromatic rings. The average Bonchev–Trinajstić information content (AvgIpc) is 3.01. The van der Waals surface area contributed by atoms with Gasteiger partial charge in [-0.25, -0.2) is 4.39 Å². The first kappa shape index (κ1) is 13.8. The summed E-state index contributed by atoms with van der Waals surface area (Å²) in [4.78, 5) is 14.2. The maximum Gasteiger partial charge on any atom is 0.253 e. The van der Waals surface area contributed by atoms with Crippen LogP contribution in [0.3, 0.4) is 0 Å². The van der Waals surface area contributed by atoms with Gasteiger partial charge in [-0.2, -0.15) is 5.10 Å². The third-order valence-corrected chi connectivity index (χ3v) is 4.00. The van der Waals surface area contributed by atoms with Gasteiger partial charge < -0.3 is 4.90 Å². The summed E-state index contributed by atoms with van der Waals surface area (Å²) in [6.45, 7) is 2.41. The maximum absolute atomic E-state index is 12.9. The molecular weight excluding hydrogens is 269 g/mol. The van der Waals surface area contributed by atoms with E-state index in [1.807, 2.05) is 21.8 Å². The van der Waals surface area contributed by atoms with Crippen molar-refractivity contribution in [1.82, 2.24) is 14.7 Å². The molecule has 0 unspecified atom stereocenters. The van der Waals surface area contributed by atoms with Crippen LogP contribution in [-0.2, 0) is 6.54 Å². The number of piperidine rings is 1. The van der Waals surface area contributed by atoms with Crippen molar-refractivity contribution in [1.29, 1.82) is 0 Å². The second-order valence-corrected chi connectivity index (χ2v) is 5.47. The Morgan fingerprint density at radius 2 is 1.95 bits per heavy atom. The Morgan fingerprint density at radius 3 is 2.57 bits per heavy atom. The molecule has 4 nitrogen and oxygen atoms in total. The van der Waals surface area contributed by atoms with E-state index in [0.717, 1.165) is 32.5 Å². The van der Waals surface area contributed by atoms with Gasteiger partial charge in [0.2, 0.25) is 0 Å². The Morgan fingerprint density at radius 1 is 1.24 bits per heavy atom. The van der Waals surface area contributed by atoms with Crippen molar-refractivity contribution < 1.29 is 9.18 Å². The summed E-state index contributed by atoms with van der Waals surface area (Å²) in [5.74, 6) is 0.235. The van der Waals surface area contributed by atoms with E-state index in [2.05, 4.69) is 5.10 Å². The van der Waals surface area contributed by atoms with E-state index in [4.69, 9.17) is 0 Å². The molecule has 0 N–H and O–H groups in total. The smallest absolute Gasteiger partial charge is 0.253 e. The molecule has 1 aromatic heterocycles. The number of halogens is 1. The van der Waals surface area contributed by atoms with Crippen molar-refractivity contribution in [2.45, 2.75) is 19.4 Å². The summed E-state index contributed by atoms with van der Waals surface area (Å²) in [5, 5.41) is 4.22. The number of benzene rings is 1. The predicted octanol–water partition coefficient (Wildman–Crippen LogP) is 2.57. The molecule has 1 amide bonds. The highest BCUT2D eigenvalue weighted by molar-refractivity contribution is 5.94. The van der Waals surface area contributed by atoms with Gasteiger partial charge in [-0.05, 0) is 49.1 Å². The van der Waals surface area contributed by atoms with E-state index in [1.165, 1.54) is 12.1 Å². The van der Waals surface area contributed by atoms with Crippen LogP contribution in [0.4, 0.5) is 4.39 Å². The molecule has 0 atom stereocenters. The summed E-state index contributed by atoms with van der Waals surface area (Å²) >= 11 is 0. The molecule has 1 aliphatic heterocycles. The van der Waals surface area contributed by atoms with Crippen LogP contribution in [0.15, 0.2) is 42.7 Å². The van der Waals surface area contributed by atoms with Gasteiger partial charge in [-0.3, -0.25) is 9.48 Å². The van der Waals surface area contributed by atoms with E-state index in [9.17, 15) is 9.18 Å². The minimum absolute atomic E-state index is 0.00691. The van der Waals surface area contributed by atoms with E-state index < -0.39 is 0 Å². The van der Waals surface area contributed by atoms with Crippen LogP contribution in [0.5, 0.6) is 0 Å². The van der Waals surface area contributed by atoms with Gasteiger partial charge in [0.15, 0.2) is 0 Å². The number of hydrogen-bond donors (Lipinski definition) is 0. The lowest BCUT2D eigenvalue weighted by Gasteiger charge is -2.32. The first-order valence-corrected chi connectivity index (χ1v) is 7.24. The molecule has 0 spiro atoms. The van der Waals surface area contributed by atoms with Crippen LogP contribution in [0.2, 0.25) is 0 Å². The van der Waals surface area contributed by atoms with E-state index >= 15 is 0 Å². The van der Waals surface area contributed by atoms with Gasteiger partial charge in [0, 0.05) is 37.6 Å². The third kappa shape index (κ3) is 3.29. The van der Waals surface area contributed by atoms with Crippen LogP contribution >= 0.6 is 0 Å². The average molecular weight is 287 g/mol. The lowest BCUT2D eigenvalue weighted by Crippen LogP contribution is -2.39. The molecule has 1 saturated heterocycles. The van der Waals surface area contributed by atoms with Crippen molar-refractivity contribution in [2.24, 2.45) is 5.92 Å². The molecule has 1 fully saturated rings.